The molecule has 1 aromatic carbocycles. The summed E-state index contributed by atoms with van der Waals surface area (Å²) >= 11 is -2.55. The molecule has 0 bridgehead atoms. The standard InChI is InChI=1S/C30H37N3O8S/c1-19-3-5-21(6-4-19)26-25(27(34)31-2)23-17-22(20-7-8-20)24(32-28(23)41-26)18-33(42(37)38)12-16-40-15-11-30(29(35)36)9-13-39-14-10-30/h3-6,17,20H,7-16,18H2,1-2H3,(H,31,34)(H,35,36)(H,37,38)/p-1. The molecule has 5 rings (SSSR count). The van der Waals surface area contributed by atoms with Gasteiger partial charge in [-0.15, -0.1) is 0 Å². The Morgan fingerprint density at radius 3 is 2.55 bits per heavy atom. The van der Waals surface area contributed by atoms with Crippen LogP contribution in [0.5, 0.6) is 0 Å². The first-order chi connectivity index (χ1) is 20.2. The Labute approximate surface area is 247 Å². The van der Waals surface area contributed by atoms with Crippen molar-refractivity contribution < 1.29 is 37.3 Å². The minimum atomic E-state index is -2.55. The van der Waals surface area contributed by atoms with E-state index in [1.54, 1.807) is 7.05 Å². The lowest BCUT2D eigenvalue weighted by molar-refractivity contribution is -0.156. The summed E-state index contributed by atoms with van der Waals surface area (Å²) in [6.45, 7) is 3.21. The number of rotatable bonds is 13. The molecule has 1 saturated heterocycles. The molecule has 3 heterocycles. The maximum Gasteiger partial charge on any atom is 0.309 e. The fourth-order valence-corrected chi connectivity index (χ4v) is 5.90. The zero-order chi connectivity index (χ0) is 29.9. The number of carboxylic acid groups (broad SMARTS) is 1. The van der Waals surface area contributed by atoms with Crippen molar-refractivity contribution in [2.45, 2.75) is 51.5 Å². The first-order valence-corrected chi connectivity index (χ1v) is 15.2. The number of pyridine rings is 1. The van der Waals surface area contributed by atoms with E-state index in [2.05, 4.69) is 5.32 Å². The monoisotopic (exact) mass is 598 g/mol. The summed E-state index contributed by atoms with van der Waals surface area (Å²) in [5.41, 5.74) is 3.11. The lowest BCUT2D eigenvalue weighted by Gasteiger charge is -2.33. The molecule has 1 atom stereocenters. The number of carbonyl (C=O) groups is 2. The quantitative estimate of drug-likeness (QED) is 0.220. The number of hydrogen-bond donors (Lipinski definition) is 2. The lowest BCUT2D eigenvalue weighted by atomic mass is 9.77. The molecule has 11 nitrogen and oxygen atoms in total. The second-order valence-corrected chi connectivity index (χ2v) is 12.0. The van der Waals surface area contributed by atoms with Gasteiger partial charge < -0.3 is 28.9 Å². The number of hydrogen-bond acceptors (Lipinski definition) is 8. The van der Waals surface area contributed by atoms with E-state index in [4.69, 9.17) is 18.9 Å². The van der Waals surface area contributed by atoms with Crippen LogP contribution in [-0.4, -0.2) is 75.1 Å². The molecule has 42 heavy (non-hydrogen) atoms. The summed E-state index contributed by atoms with van der Waals surface area (Å²) < 4.78 is 42.8. The van der Waals surface area contributed by atoms with Gasteiger partial charge in [-0.3, -0.25) is 13.8 Å². The van der Waals surface area contributed by atoms with E-state index < -0.39 is 22.7 Å². The van der Waals surface area contributed by atoms with Gasteiger partial charge in [-0.05, 0) is 56.6 Å². The van der Waals surface area contributed by atoms with E-state index in [9.17, 15) is 23.5 Å². The second kappa shape index (κ2) is 13.0. The van der Waals surface area contributed by atoms with Gasteiger partial charge in [0.1, 0.15) is 5.76 Å². The normalized spacial score (nSPS) is 17.4. The molecule has 2 aliphatic rings. The number of carboxylic acids is 1. The molecule has 3 aromatic rings. The Balaban J connectivity index is 1.35. The van der Waals surface area contributed by atoms with Gasteiger partial charge in [0, 0.05) is 50.2 Å². The molecule has 2 fully saturated rings. The highest BCUT2D eigenvalue weighted by molar-refractivity contribution is 7.76. The van der Waals surface area contributed by atoms with Crippen LogP contribution in [0.25, 0.3) is 22.4 Å². The Kier molecular flexibility index (Phi) is 9.38. The molecule has 0 radical (unpaired) electrons. The van der Waals surface area contributed by atoms with Crippen LogP contribution in [0.4, 0.5) is 0 Å². The van der Waals surface area contributed by atoms with Gasteiger partial charge in [0.25, 0.3) is 5.91 Å². The summed E-state index contributed by atoms with van der Waals surface area (Å²) in [5.74, 6) is -0.492. The Morgan fingerprint density at radius 2 is 1.93 bits per heavy atom. The summed E-state index contributed by atoms with van der Waals surface area (Å²) in [4.78, 5) is 29.6. The summed E-state index contributed by atoms with van der Waals surface area (Å²) in [7, 11) is 1.57. The van der Waals surface area contributed by atoms with Gasteiger partial charge in [-0.1, -0.05) is 29.8 Å². The third-order valence-corrected chi connectivity index (χ3v) is 8.96. The SMILES string of the molecule is CNC(=O)c1c(-c2ccc(C)cc2)oc2nc(CN(CCOCCC3(C(=O)O)CCOCC3)S(=O)[O-])c(C3CC3)cc12. The summed E-state index contributed by atoms with van der Waals surface area (Å²) in [6.07, 6.45) is 3.11. The molecule has 2 N–H and O–H groups in total. The molecule has 1 aliphatic carbocycles. The second-order valence-electron chi connectivity index (χ2n) is 11.0. The van der Waals surface area contributed by atoms with Crippen LogP contribution in [0.15, 0.2) is 34.7 Å². The van der Waals surface area contributed by atoms with Crippen LogP contribution in [-0.2, 0) is 32.1 Å². The molecule has 2 aromatic heterocycles. The van der Waals surface area contributed by atoms with E-state index in [1.165, 1.54) is 4.31 Å². The summed E-state index contributed by atoms with van der Waals surface area (Å²) in [6, 6.07) is 9.59. The fraction of sp³-hybridized carbons (Fsp3) is 0.500. The number of benzene rings is 1. The molecule has 1 aliphatic heterocycles. The van der Waals surface area contributed by atoms with Gasteiger partial charge in [-0.2, -0.15) is 0 Å². The minimum Gasteiger partial charge on any atom is -0.760 e. The Bertz CT molecular complexity index is 1460. The van der Waals surface area contributed by atoms with Crippen LogP contribution < -0.4 is 5.32 Å². The van der Waals surface area contributed by atoms with E-state index >= 15 is 0 Å². The zero-order valence-corrected chi connectivity index (χ0v) is 24.7. The van der Waals surface area contributed by atoms with E-state index in [1.807, 2.05) is 37.3 Å². The number of aliphatic carboxylic acids is 1. The number of nitrogens with one attached hydrogen (secondary N) is 1. The number of aryl methyl sites for hydroxylation is 1. The van der Waals surface area contributed by atoms with Crippen LogP contribution in [0.2, 0.25) is 0 Å². The Morgan fingerprint density at radius 1 is 1.21 bits per heavy atom. The van der Waals surface area contributed by atoms with Crippen molar-refractivity contribution in [3.8, 4) is 11.3 Å². The minimum absolute atomic E-state index is 0.0213. The van der Waals surface area contributed by atoms with Crippen LogP contribution in [0.3, 0.4) is 0 Å². The molecule has 226 valence electrons. The highest BCUT2D eigenvalue weighted by Crippen LogP contribution is 2.44. The van der Waals surface area contributed by atoms with Gasteiger partial charge in [-0.25, -0.2) is 9.29 Å². The number of fused-ring (bicyclic) bond motifs is 1. The largest absolute Gasteiger partial charge is 0.760 e. The van der Waals surface area contributed by atoms with E-state index in [0.29, 0.717) is 54.9 Å². The van der Waals surface area contributed by atoms with Crippen molar-refractivity contribution in [3.63, 3.8) is 0 Å². The zero-order valence-electron chi connectivity index (χ0n) is 23.8. The summed E-state index contributed by atoms with van der Waals surface area (Å²) in [5, 5.41) is 13.0. The molecular weight excluding hydrogens is 562 g/mol. The molecule has 1 amide bonds. The number of amides is 1. The highest BCUT2D eigenvalue weighted by Gasteiger charge is 2.39. The predicted octanol–water partition coefficient (Wildman–Crippen LogP) is 3.92. The van der Waals surface area contributed by atoms with Crippen molar-refractivity contribution in [2.24, 2.45) is 5.41 Å². The first kappa shape index (κ1) is 30.3. The fourth-order valence-electron chi connectivity index (χ4n) is 5.45. The van der Waals surface area contributed by atoms with Crippen molar-refractivity contribution >= 4 is 34.2 Å². The number of ether oxygens (including phenoxy) is 2. The highest BCUT2D eigenvalue weighted by atomic mass is 32.2. The number of nitrogens with zero attached hydrogens (tertiary/aromatic N) is 2. The number of aromatic nitrogens is 1. The average Bonchev–Trinajstić information content (AvgIpc) is 3.76. The van der Waals surface area contributed by atoms with Gasteiger partial charge in [0.05, 0.1) is 35.2 Å². The van der Waals surface area contributed by atoms with Crippen LogP contribution in [0.1, 0.15) is 65.2 Å². The average molecular weight is 599 g/mol. The van der Waals surface area contributed by atoms with Crippen molar-refractivity contribution in [2.75, 3.05) is 40.0 Å². The van der Waals surface area contributed by atoms with Gasteiger partial charge in [0.15, 0.2) is 0 Å². The van der Waals surface area contributed by atoms with Crippen molar-refractivity contribution in [1.29, 1.82) is 0 Å². The molecule has 0 spiro atoms. The molecular formula is C30H36N3O8S-. The molecule has 12 heteroatoms. The lowest BCUT2D eigenvalue weighted by Crippen LogP contribution is -2.38. The Hall–Kier alpha value is -3.16. The topological polar surface area (TPSA) is 154 Å². The maximum atomic E-state index is 13.0. The number of furan rings is 1. The maximum absolute atomic E-state index is 13.0. The molecule has 1 saturated carbocycles. The smallest absolute Gasteiger partial charge is 0.309 e. The van der Waals surface area contributed by atoms with E-state index in [-0.39, 0.29) is 43.8 Å². The number of carbonyl (C=O) groups excluding carboxylic acids is 1. The van der Waals surface area contributed by atoms with E-state index in [0.717, 1.165) is 29.5 Å². The van der Waals surface area contributed by atoms with Gasteiger partial charge >= 0.3 is 5.97 Å². The van der Waals surface area contributed by atoms with Crippen molar-refractivity contribution in [1.82, 2.24) is 14.6 Å². The third kappa shape index (κ3) is 6.57. The van der Waals surface area contributed by atoms with Gasteiger partial charge in [0.2, 0.25) is 5.71 Å². The first-order valence-electron chi connectivity index (χ1n) is 14.2. The van der Waals surface area contributed by atoms with Crippen LogP contribution in [0, 0.1) is 12.3 Å². The van der Waals surface area contributed by atoms with Crippen molar-refractivity contribution in [3.05, 3.63) is 52.7 Å². The van der Waals surface area contributed by atoms with Crippen LogP contribution >= 0.6 is 0 Å². The molecule has 1 unspecified atom stereocenters. The third-order valence-electron chi connectivity index (χ3n) is 8.23. The predicted molar refractivity (Wildman–Crippen MR) is 154 cm³/mol.